The number of pyridine rings is 1. The van der Waals surface area contributed by atoms with Crippen LogP contribution in [0.3, 0.4) is 0 Å². The van der Waals surface area contributed by atoms with Gasteiger partial charge in [0.05, 0.1) is 13.2 Å². The standard InChI is InChI=1S/C32H41N5O4/c1-21(2)23-5-7-26(8-6-23)32(39,31(3)19-36(4)20-31)27-14-25(15-33-16-27)29-34-30(41-35-29)24-9-11-37(12-10-24)28(38)13-22-17-40-18-22/h5-8,14-16,21-22,24,39H,9-13,17-20H2,1-4H3. The number of amides is 1. The summed E-state index contributed by atoms with van der Waals surface area (Å²) in [6.45, 7) is 10.8. The van der Waals surface area contributed by atoms with E-state index in [0.717, 1.165) is 37.1 Å². The summed E-state index contributed by atoms with van der Waals surface area (Å²) in [4.78, 5) is 26.0. The van der Waals surface area contributed by atoms with Gasteiger partial charge in [-0.3, -0.25) is 9.78 Å². The molecule has 1 N–H and O–H groups in total. The number of hydrogen-bond acceptors (Lipinski definition) is 8. The Balaban J connectivity index is 1.22. The van der Waals surface area contributed by atoms with E-state index in [1.807, 2.05) is 11.0 Å². The number of rotatable bonds is 8. The Morgan fingerprint density at radius 3 is 2.44 bits per heavy atom. The van der Waals surface area contributed by atoms with Crippen molar-refractivity contribution in [2.45, 2.75) is 57.5 Å². The van der Waals surface area contributed by atoms with Gasteiger partial charge in [0.15, 0.2) is 0 Å². The first-order chi connectivity index (χ1) is 19.7. The minimum absolute atomic E-state index is 0.115. The summed E-state index contributed by atoms with van der Waals surface area (Å²) in [5.74, 6) is 2.17. The van der Waals surface area contributed by atoms with Gasteiger partial charge < -0.3 is 24.2 Å². The zero-order valence-electron chi connectivity index (χ0n) is 24.5. The summed E-state index contributed by atoms with van der Waals surface area (Å²) in [6.07, 6.45) is 5.64. The zero-order chi connectivity index (χ0) is 28.8. The number of likely N-dealkylation sites (tertiary alicyclic amines) is 2. The molecule has 3 aliphatic heterocycles. The monoisotopic (exact) mass is 559 g/mol. The first-order valence-corrected chi connectivity index (χ1v) is 14.8. The van der Waals surface area contributed by atoms with Crippen molar-refractivity contribution in [3.63, 3.8) is 0 Å². The minimum Gasteiger partial charge on any atom is -0.381 e. The van der Waals surface area contributed by atoms with Gasteiger partial charge in [-0.2, -0.15) is 4.98 Å². The fraction of sp³-hybridized carbons (Fsp3) is 0.562. The lowest BCUT2D eigenvalue weighted by Crippen LogP contribution is -2.63. The van der Waals surface area contributed by atoms with Crippen LogP contribution in [0.15, 0.2) is 47.2 Å². The summed E-state index contributed by atoms with van der Waals surface area (Å²) in [5, 5.41) is 16.8. The van der Waals surface area contributed by atoms with Crippen LogP contribution in [-0.2, 0) is 15.1 Å². The Hall–Kier alpha value is -3.14. The molecule has 0 radical (unpaired) electrons. The topological polar surface area (TPSA) is 105 Å². The van der Waals surface area contributed by atoms with Gasteiger partial charge in [0, 0.05) is 73.4 Å². The van der Waals surface area contributed by atoms with Gasteiger partial charge in [0.1, 0.15) is 5.60 Å². The third-order valence-electron chi connectivity index (χ3n) is 9.33. The smallest absolute Gasteiger partial charge is 0.230 e. The molecule has 0 spiro atoms. The lowest BCUT2D eigenvalue weighted by atomic mass is 9.62. The van der Waals surface area contributed by atoms with Crippen molar-refractivity contribution in [2.24, 2.45) is 11.3 Å². The van der Waals surface area contributed by atoms with Crippen LogP contribution in [-0.4, -0.2) is 82.4 Å². The Labute approximate surface area is 241 Å². The number of piperidine rings is 1. The minimum atomic E-state index is -1.24. The van der Waals surface area contributed by atoms with Crippen molar-refractivity contribution in [2.75, 3.05) is 46.4 Å². The number of hydrogen-bond donors (Lipinski definition) is 1. The second-order valence-corrected chi connectivity index (χ2v) is 12.9. The van der Waals surface area contributed by atoms with E-state index in [4.69, 9.17) is 14.2 Å². The van der Waals surface area contributed by atoms with Crippen LogP contribution in [0.4, 0.5) is 0 Å². The molecule has 0 aliphatic carbocycles. The lowest BCUT2D eigenvalue weighted by molar-refractivity contribution is -0.137. The molecular formula is C32H41N5O4. The van der Waals surface area contributed by atoms with Crippen LogP contribution in [0.25, 0.3) is 11.4 Å². The van der Waals surface area contributed by atoms with Gasteiger partial charge >= 0.3 is 0 Å². The molecule has 0 saturated carbocycles. The third-order valence-corrected chi connectivity index (χ3v) is 9.33. The highest BCUT2D eigenvalue weighted by Crippen LogP contribution is 2.50. The first kappa shape index (κ1) is 28.0. The van der Waals surface area contributed by atoms with Crippen molar-refractivity contribution in [1.29, 1.82) is 0 Å². The van der Waals surface area contributed by atoms with Crippen molar-refractivity contribution in [3.8, 4) is 11.4 Å². The van der Waals surface area contributed by atoms with Crippen molar-refractivity contribution in [3.05, 3.63) is 65.3 Å². The molecule has 9 nitrogen and oxygen atoms in total. The van der Waals surface area contributed by atoms with Gasteiger partial charge in [-0.25, -0.2) is 0 Å². The molecular weight excluding hydrogens is 518 g/mol. The summed E-state index contributed by atoms with van der Waals surface area (Å²) < 4.78 is 10.9. The number of nitrogens with zero attached hydrogens (tertiary/aromatic N) is 5. The van der Waals surface area contributed by atoms with E-state index in [-0.39, 0.29) is 17.2 Å². The van der Waals surface area contributed by atoms with Crippen LogP contribution in [0.5, 0.6) is 0 Å². The highest BCUT2D eigenvalue weighted by Gasteiger charge is 2.55. The molecule has 41 heavy (non-hydrogen) atoms. The predicted octanol–water partition coefficient (Wildman–Crippen LogP) is 4.19. The predicted molar refractivity (Wildman–Crippen MR) is 154 cm³/mol. The molecule has 9 heteroatoms. The summed E-state index contributed by atoms with van der Waals surface area (Å²) in [6, 6.07) is 10.3. The normalized spacial score (nSPS) is 21.4. The van der Waals surface area contributed by atoms with E-state index >= 15 is 0 Å². The van der Waals surface area contributed by atoms with E-state index in [1.165, 1.54) is 5.56 Å². The number of carbonyl (C=O) groups excluding carboxylic acids is 1. The van der Waals surface area contributed by atoms with E-state index in [2.05, 4.69) is 67.1 Å². The maximum Gasteiger partial charge on any atom is 0.230 e. The molecule has 6 rings (SSSR count). The number of aromatic nitrogens is 3. The lowest BCUT2D eigenvalue weighted by Gasteiger charge is -2.55. The average Bonchev–Trinajstić information content (AvgIpc) is 3.44. The van der Waals surface area contributed by atoms with Crippen molar-refractivity contribution < 1.29 is 19.2 Å². The Morgan fingerprint density at radius 1 is 1.12 bits per heavy atom. The highest BCUT2D eigenvalue weighted by molar-refractivity contribution is 5.76. The number of carbonyl (C=O) groups is 1. The molecule has 1 amide bonds. The number of benzene rings is 1. The third kappa shape index (κ3) is 5.19. The quantitative estimate of drug-likeness (QED) is 0.438. The number of aliphatic hydroxyl groups is 1. The average molecular weight is 560 g/mol. The molecule has 3 fully saturated rings. The van der Waals surface area contributed by atoms with E-state index in [0.29, 0.717) is 61.8 Å². The maximum absolute atomic E-state index is 12.6. The van der Waals surface area contributed by atoms with Gasteiger partial charge in [-0.15, -0.1) is 0 Å². The van der Waals surface area contributed by atoms with E-state index in [1.54, 1.807) is 12.4 Å². The first-order valence-electron chi connectivity index (χ1n) is 14.8. The summed E-state index contributed by atoms with van der Waals surface area (Å²) in [7, 11) is 2.07. The zero-order valence-corrected chi connectivity index (χ0v) is 24.5. The molecule has 5 heterocycles. The fourth-order valence-electron chi connectivity index (χ4n) is 6.78. The molecule has 3 aliphatic rings. The van der Waals surface area contributed by atoms with Crippen LogP contribution >= 0.6 is 0 Å². The molecule has 1 atom stereocenters. The Kier molecular flexibility index (Phi) is 7.46. The van der Waals surface area contributed by atoms with Crippen LogP contribution in [0, 0.1) is 11.3 Å². The Morgan fingerprint density at radius 2 is 1.83 bits per heavy atom. The van der Waals surface area contributed by atoms with Gasteiger partial charge in [0.25, 0.3) is 0 Å². The number of ether oxygens (including phenoxy) is 1. The van der Waals surface area contributed by atoms with Crippen LogP contribution in [0.2, 0.25) is 0 Å². The van der Waals surface area contributed by atoms with E-state index in [9.17, 15) is 9.90 Å². The summed E-state index contributed by atoms with van der Waals surface area (Å²) >= 11 is 0. The molecule has 0 bridgehead atoms. The largest absolute Gasteiger partial charge is 0.381 e. The molecule has 1 aromatic carbocycles. The Bertz CT molecular complexity index is 1370. The summed E-state index contributed by atoms with van der Waals surface area (Å²) in [5.41, 5.74) is 1.90. The molecule has 3 aromatic rings. The molecule has 2 aromatic heterocycles. The van der Waals surface area contributed by atoms with Gasteiger partial charge in [0.2, 0.25) is 17.6 Å². The van der Waals surface area contributed by atoms with Crippen molar-refractivity contribution >= 4 is 5.91 Å². The fourth-order valence-corrected chi connectivity index (χ4v) is 6.78. The van der Waals surface area contributed by atoms with Gasteiger partial charge in [-0.1, -0.05) is 50.2 Å². The van der Waals surface area contributed by atoms with Crippen molar-refractivity contribution in [1.82, 2.24) is 24.9 Å². The van der Waals surface area contributed by atoms with Crippen LogP contribution < -0.4 is 0 Å². The van der Waals surface area contributed by atoms with E-state index < -0.39 is 5.60 Å². The molecule has 1 unspecified atom stereocenters. The van der Waals surface area contributed by atoms with Crippen LogP contribution in [0.1, 0.15) is 74.5 Å². The second kappa shape index (κ2) is 10.9. The second-order valence-electron chi connectivity index (χ2n) is 12.9. The molecule has 3 saturated heterocycles. The maximum atomic E-state index is 12.6. The SMILES string of the molecule is CC(C)c1ccc(C(O)(c2cncc(-c3noc(C4CCN(C(=O)CC5COC5)CC4)n3)c2)C2(C)CN(C)C2)cc1. The molecule has 218 valence electrons. The highest BCUT2D eigenvalue weighted by atomic mass is 16.5. The van der Waals surface area contributed by atoms with Gasteiger partial charge in [-0.05, 0) is 43.0 Å².